The Labute approximate surface area is 86.7 Å². The van der Waals surface area contributed by atoms with E-state index in [9.17, 15) is 0 Å². The second-order valence-corrected chi connectivity index (χ2v) is 3.31. The summed E-state index contributed by atoms with van der Waals surface area (Å²) in [5.41, 5.74) is 3.89. The van der Waals surface area contributed by atoms with Crippen molar-refractivity contribution in [1.82, 2.24) is 0 Å². The van der Waals surface area contributed by atoms with Gasteiger partial charge in [0.15, 0.2) is 0 Å². The molecule has 0 saturated heterocycles. The number of aryl methyl sites for hydroxylation is 1. The Bertz CT molecular complexity index is 386. The number of hydrogen-bond acceptors (Lipinski definition) is 0. The van der Waals surface area contributed by atoms with Gasteiger partial charge in [-0.15, -0.1) is 5.92 Å². The minimum absolute atomic E-state index is 0.844. The highest BCUT2D eigenvalue weighted by Gasteiger charge is 1.97. The van der Waals surface area contributed by atoms with Crippen LogP contribution in [0.2, 0.25) is 0 Å². The third-order valence-electron chi connectivity index (χ3n) is 2.10. The molecule has 0 heterocycles. The van der Waals surface area contributed by atoms with Crippen molar-refractivity contribution < 1.29 is 0 Å². The lowest BCUT2D eigenvalue weighted by Crippen LogP contribution is -1.88. The van der Waals surface area contributed by atoms with E-state index in [0.29, 0.717) is 0 Å². The molecule has 0 aliphatic rings. The van der Waals surface area contributed by atoms with Crippen molar-refractivity contribution in [3.63, 3.8) is 0 Å². The van der Waals surface area contributed by atoms with Crippen LogP contribution in [0.5, 0.6) is 0 Å². The average molecular weight is 184 g/mol. The second-order valence-electron chi connectivity index (χ2n) is 3.31. The first kappa shape index (κ1) is 10.6. The van der Waals surface area contributed by atoms with Crippen molar-refractivity contribution in [3.8, 4) is 11.8 Å². The molecular weight excluding hydrogens is 168 g/mol. The van der Waals surface area contributed by atoms with E-state index in [1.54, 1.807) is 0 Å². The van der Waals surface area contributed by atoms with Crippen LogP contribution in [0.1, 0.15) is 30.5 Å². The van der Waals surface area contributed by atoms with Gasteiger partial charge in [0.05, 0.1) is 0 Å². The van der Waals surface area contributed by atoms with Gasteiger partial charge in [-0.2, -0.15) is 0 Å². The van der Waals surface area contributed by atoms with Crippen LogP contribution in [0.3, 0.4) is 0 Å². The summed E-state index contributed by atoms with van der Waals surface area (Å²) in [4.78, 5) is 0. The molecular formula is C14H16. The molecule has 1 aromatic rings. The molecule has 1 aromatic carbocycles. The predicted octanol–water partition coefficient (Wildman–Crippen LogP) is 3.59. The molecule has 0 bridgehead atoms. The van der Waals surface area contributed by atoms with Crippen LogP contribution >= 0.6 is 0 Å². The largest absolute Gasteiger partial charge is 0.106 e. The highest BCUT2D eigenvalue weighted by atomic mass is 14.0. The molecule has 0 atom stereocenters. The smallest absolute Gasteiger partial charge is 0.0346 e. The first-order valence-electron chi connectivity index (χ1n) is 4.89. The third kappa shape index (κ3) is 2.78. The number of hydrogen-bond donors (Lipinski definition) is 0. The SMILES string of the molecule is CC#CCc1ccc(C)cc1/C=C\C. The first-order valence-corrected chi connectivity index (χ1v) is 4.89. The molecule has 0 N–H and O–H groups in total. The molecule has 0 aliphatic heterocycles. The van der Waals surface area contributed by atoms with E-state index in [4.69, 9.17) is 0 Å². The van der Waals surface area contributed by atoms with Crippen LogP contribution in [-0.4, -0.2) is 0 Å². The Balaban J connectivity index is 3.05. The number of allylic oxidation sites excluding steroid dienone is 1. The van der Waals surface area contributed by atoms with Gasteiger partial charge >= 0.3 is 0 Å². The molecule has 0 heteroatoms. The van der Waals surface area contributed by atoms with Gasteiger partial charge in [0, 0.05) is 6.42 Å². The summed E-state index contributed by atoms with van der Waals surface area (Å²) in [6.45, 7) is 6.03. The van der Waals surface area contributed by atoms with Gasteiger partial charge < -0.3 is 0 Å². The monoisotopic (exact) mass is 184 g/mol. The van der Waals surface area contributed by atoms with E-state index in [-0.39, 0.29) is 0 Å². The van der Waals surface area contributed by atoms with Crippen LogP contribution in [-0.2, 0) is 6.42 Å². The number of rotatable bonds is 2. The lowest BCUT2D eigenvalue weighted by Gasteiger charge is -2.03. The molecule has 0 radical (unpaired) electrons. The second kappa shape index (κ2) is 5.29. The maximum absolute atomic E-state index is 3.10. The summed E-state index contributed by atoms with van der Waals surface area (Å²) in [6.07, 6.45) is 5.05. The Morgan fingerprint density at radius 2 is 2.14 bits per heavy atom. The topological polar surface area (TPSA) is 0 Å². The standard InChI is InChI=1S/C14H16/c1-4-6-8-13-10-9-12(3)11-14(13)7-5-2/h5,7,9-11H,8H2,1-3H3/b7-5-. The van der Waals surface area contributed by atoms with Crippen molar-refractivity contribution in [2.24, 2.45) is 0 Å². The van der Waals surface area contributed by atoms with Gasteiger partial charge in [-0.25, -0.2) is 0 Å². The molecule has 0 saturated carbocycles. The zero-order valence-corrected chi connectivity index (χ0v) is 9.09. The van der Waals surface area contributed by atoms with E-state index in [2.05, 4.69) is 49.1 Å². The zero-order valence-electron chi connectivity index (χ0n) is 9.09. The molecule has 0 aromatic heterocycles. The fourth-order valence-corrected chi connectivity index (χ4v) is 1.39. The number of benzene rings is 1. The highest BCUT2D eigenvalue weighted by molar-refractivity contribution is 5.55. The molecule has 14 heavy (non-hydrogen) atoms. The van der Waals surface area contributed by atoms with Gasteiger partial charge in [0.2, 0.25) is 0 Å². The minimum Gasteiger partial charge on any atom is -0.106 e. The Kier molecular flexibility index (Phi) is 4.01. The molecule has 0 nitrogen and oxygen atoms in total. The summed E-state index contributed by atoms with van der Waals surface area (Å²) < 4.78 is 0. The summed E-state index contributed by atoms with van der Waals surface area (Å²) in [7, 11) is 0. The lowest BCUT2D eigenvalue weighted by atomic mass is 10.0. The van der Waals surface area contributed by atoms with Crippen LogP contribution in [0.15, 0.2) is 24.3 Å². The molecule has 72 valence electrons. The van der Waals surface area contributed by atoms with E-state index < -0.39 is 0 Å². The summed E-state index contributed by atoms with van der Waals surface area (Å²) in [5.74, 6) is 6.02. The zero-order chi connectivity index (χ0) is 10.4. The third-order valence-corrected chi connectivity index (χ3v) is 2.10. The maximum atomic E-state index is 3.10. The van der Waals surface area contributed by atoms with E-state index in [0.717, 1.165) is 6.42 Å². The first-order chi connectivity index (χ1) is 6.77. The average Bonchev–Trinajstić information content (AvgIpc) is 2.17. The summed E-state index contributed by atoms with van der Waals surface area (Å²) >= 11 is 0. The molecule has 0 fully saturated rings. The Morgan fingerprint density at radius 3 is 2.79 bits per heavy atom. The lowest BCUT2D eigenvalue weighted by molar-refractivity contribution is 1.28. The van der Waals surface area contributed by atoms with E-state index in [1.165, 1.54) is 16.7 Å². The molecule has 0 amide bonds. The quantitative estimate of drug-likeness (QED) is 0.616. The van der Waals surface area contributed by atoms with Gasteiger partial charge in [-0.05, 0) is 31.9 Å². The normalized spacial score (nSPS) is 9.93. The maximum Gasteiger partial charge on any atom is 0.0346 e. The van der Waals surface area contributed by atoms with Gasteiger partial charge in [-0.3, -0.25) is 0 Å². The van der Waals surface area contributed by atoms with Gasteiger partial charge in [-0.1, -0.05) is 41.8 Å². The van der Waals surface area contributed by atoms with Crippen LogP contribution < -0.4 is 0 Å². The summed E-state index contributed by atoms with van der Waals surface area (Å²) in [6, 6.07) is 6.50. The van der Waals surface area contributed by atoms with Gasteiger partial charge in [0.25, 0.3) is 0 Å². The van der Waals surface area contributed by atoms with Crippen molar-refractivity contribution in [1.29, 1.82) is 0 Å². The Morgan fingerprint density at radius 1 is 1.36 bits per heavy atom. The highest BCUT2D eigenvalue weighted by Crippen LogP contribution is 2.14. The molecule has 0 spiro atoms. The van der Waals surface area contributed by atoms with Crippen molar-refractivity contribution in [2.75, 3.05) is 0 Å². The van der Waals surface area contributed by atoms with Crippen molar-refractivity contribution in [2.45, 2.75) is 27.2 Å². The van der Waals surface area contributed by atoms with E-state index >= 15 is 0 Å². The fourth-order valence-electron chi connectivity index (χ4n) is 1.39. The predicted molar refractivity (Wildman–Crippen MR) is 63.0 cm³/mol. The molecule has 0 unspecified atom stereocenters. The van der Waals surface area contributed by atoms with Crippen LogP contribution in [0.25, 0.3) is 6.08 Å². The molecule has 1 rings (SSSR count). The molecule has 0 aliphatic carbocycles. The minimum atomic E-state index is 0.844. The van der Waals surface area contributed by atoms with E-state index in [1.807, 2.05) is 13.8 Å². The van der Waals surface area contributed by atoms with Crippen molar-refractivity contribution in [3.05, 3.63) is 41.0 Å². The summed E-state index contributed by atoms with van der Waals surface area (Å²) in [5, 5.41) is 0. The van der Waals surface area contributed by atoms with Gasteiger partial charge in [0.1, 0.15) is 0 Å². The fraction of sp³-hybridized carbons (Fsp3) is 0.286. The van der Waals surface area contributed by atoms with Crippen LogP contribution in [0, 0.1) is 18.8 Å². The van der Waals surface area contributed by atoms with Crippen LogP contribution in [0.4, 0.5) is 0 Å². The Hall–Kier alpha value is -1.48. The van der Waals surface area contributed by atoms with Crippen molar-refractivity contribution >= 4 is 6.08 Å².